The summed E-state index contributed by atoms with van der Waals surface area (Å²) in [4.78, 5) is 4.46. The summed E-state index contributed by atoms with van der Waals surface area (Å²) in [6, 6.07) is 0. The van der Waals surface area contributed by atoms with Gasteiger partial charge in [-0.2, -0.15) is 4.98 Å². The third kappa shape index (κ3) is 2.72. The number of rotatable bonds is 4. The van der Waals surface area contributed by atoms with Gasteiger partial charge in [-0.05, 0) is 39.0 Å². The monoisotopic (exact) mass is 314 g/mol. The smallest absolute Gasteiger partial charge is 0.229 e. The lowest BCUT2D eigenvalue weighted by Crippen LogP contribution is -2.44. The molecule has 2 heterocycles. The molecular weight excluding hydrogens is 292 g/mol. The topological polar surface area (TPSA) is 102 Å². The lowest BCUT2D eigenvalue weighted by Gasteiger charge is -2.34. The largest absolute Gasteiger partial charge is 0.339 e. The van der Waals surface area contributed by atoms with Crippen molar-refractivity contribution < 1.29 is 12.9 Å². The maximum atomic E-state index is 11.8. The molecule has 7 nitrogen and oxygen atoms in total. The van der Waals surface area contributed by atoms with Gasteiger partial charge in [0.15, 0.2) is 5.82 Å². The molecule has 0 unspecified atom stereocenters. The molecule has 0 radical (unpaired) electrons. The van der Waals surface area contributed by atoms with Gasteiger partial charge in [-0.25, -0.2) is 12.7 Å². The van der Waals surface area contributed by atoms with Crippen LogP contribution in [0.4, 0.5) is 0 Å². The first-order valence-electron chi connectivity index (χ1n) is 7.55. The molecular formula is C13H22N4O3S. The van der Waals surface area contributed by atoms with E-state index in [1.54, 1.807) is 11.2 Å². The van der Waals surface area contributed by atoms with Gasteiger partial charge in [0.05, 0.1) is 11.3 Å². The molecule has 0 aromatic carbocycles. The molecule has 0 atom stereocenters. The predicted molar refractivity (Wildman–Crippen MR) is 77.0 cm³/mol. The third-order valence-electron chi connectivity index (χ3n) is 4.69. The predicted octanol–water partition coefficient (Wildman–Crippen LogP) is 0.937. The van der Waals surface area contributed by atoms with Crippen molar-refractivity contribution >= 4 is 10.0 Å². The van der Waals surface area contributed by atoms with E-state index in [2.05, 4.69) is 10.1 Å². The van der Waals surface area contributed by atoms with Gasteiger partial charge in [-0.15, -0.1) is 0 Å². The molecule has 1 aromatic rings. The SMILES string of the molecule is CCS(=O)(=O)N1CCC(c2nc(C3(N)CCC3)no2)CC1. The zero-order valence-electron chi connectivity index (χ0n) is 12.3. The van der Waals surface area contributed by atoms with E-state index in [0.29, 0.717) is 24.8 Å². The quantitative estimate of drug-likeness (QED) is 0.887. The normalized spacial score (nSPS) is 23.9. The van der Waals surface area contributed by atoms with Crippen molar-refractivity contribution in [3.8, 4) is 0 Å². The van der Waals surface area contributed by atoms with Crippen molar-refractivity contribution in [3.05, 3.63) is 11.7 Å². The van der Waals surface area contributed by atoms with Crippen molar-refractivity contribution in [2.45, 2.75) is 50.5 Å². The van der Waals surface area contributed by atoms with Gasteiger partial charge in [0.25, 0.3) is 0 Å². The highest BCUT2D eigenvalue weighted by Crippen LogP contribution is 2.38. The van der Waals surface area contributed by atoms with Gasteiger partial charge in [0.1, 0.15) is 0 Å². The van der Waals surface area contributed by atoms with E-state index in [1.165, 1.54) is 0 Å². The van der Waals surface area contributed by atoms with E-state index >= 15 is 0 Å². The Bertz CT molecular complexity index is 601. The van der Waals surface area contributed by atoms with Crippen LogP contribution in [0.2, 0.25) is 0 Å². The molecule has 1 aliphatic heterocycles. The first-order valence-corrected chi connectivity index (χ1v) is 9.16. The maximum absolute atomic E-state index is 11.8. The highest BCUT2D eigenvalue weighted by molar-refractivity contribution is 7.89. The Balaban J connectivity index is 1.65. The van der Waals surface area contributed by atoms with Crippen molar-refractivity contribution in [3.63, 3.8) is 0 Å². The number of hydrogen-bond acceptors (Lipinski definition) is 6. The van der Waals surface area contributed by atoms with Crippen molar-refractivity contribution in [2.75, 3.05) is 18.8 Å². The van der Waals surface area contributed by atoms with Crippen LogP contribution in [0, 0.1) is 0 Å². The second kappa shape index (κ2) is 5.33. The summed E-state index contributed by atoms with van der Waals surface area (Å²) < 4.78 is 30.6. The van der Waals surface area contributed by atoms with E-state index in [1.807, 2.05) is 0 Å². The van der Waals surface area contributed by atoms with Crippen LogP contribution in [-0.4, -0.2) is 41.7 Å². The molecule has 1 saturated carbocycles. The fourth-order valence-electron chi connectivity index (χ4n) is 2.95. The average Bonchev–Trinajstić information content (AvgIpc) is 2.95. The minimum Gasteiger partial charge on any atom is -0.339 e. The molecule has 2 N–H and O–H groups in total. The Labute approximate surface area is 124 Å². The summed E-state index contributed by atoms with van der Waals surface area (Å²) >= 11 is 0. The van der Waals surface area contributed by atoms with Gasteiger partial charge in [-0.1, -0.05) is 5.16 Å². The Morgan fingerprint density at radius 2 is 2.05 bits per heavy atom. The zero-order valence-corrected chi connectivity index (χ0v) is 13.1. The highest BCUT2D eigenvalue weighted by Gasteiger charge is 2.40. The lowest BCUT2D eigenvalue weighted by atomic mass is 9.77. The molecule has 0 amide bonds. The molecule has 2 fully saturated rings. The number of nitrogens with two attached hydrogens (primary N) is 1. The van der Waals surface area contributed by atoms with Crippen molar-refractivity contribution in [1.82, 2.24) is 14.4 Å². The minimum absolute atomic E-state index is 0.137. The number of sulfonamides is 1. The number of aromatic nitrogens is 2. The second-order valence-electron chi connectivity index (χ2n) is 6.04. The first kappa shape index (κ1) is 14.9. The van der Waals surface area contributed by atoms with Crippen LogP contribution < -0.4 is 5.73 Å². The molecule has 8 heteroatoms. The highest BCUT2D eigenvalue weighted by atomic mass is 32.2. The van der Waals surface area contributed by atoms with Crippen LogP contribution in [0.5, 0.6) is 0 Å². The molecule has 118 valence electrons. The van der Waals surface area contributed by atoms with Crippen molar-refractivity contribution in [1.29, 1.82) is 0 Å². The summed E-state index contributed by atoms with van der Waals surface area (Å²) in [6.45, 7) is 2.71. The van der Waals surface area contributed by atoms with Crippen LogP contribution in [-0.2, 0) is 15.6 Å². The van der Waals surface area contributed by atoms with Gasteiger partial charge in [-0.3, -0.25) is 0 Å². The summed E-state index contributed by atoms with van der Waals surface area (Å²) in [7, 11) is -3.09. The van der Waals surface area contributed by atoms with Crippen LogP contribution in [0.3, 0.4) is 0 Å². The Morgan fingerprint density at radius 3 is 2.57 bits per heavy atom. The van der Waals surface area contributed by atoms with Gasteiger partial charge in [0.2, 0.25) is 15.9 Å². The minimum atomic E-state index is -3.09. The lowest BCUT2D eigenvalue weighted by molar-refractivity contribution is 0.227. The third-order valence-corrected chi connectivity index (χ3v) is 6.58. The molecule has 1 saturated heterocycles. The maximum Gasteiger partial charge on any atom is 0.229 e. The first-order chi connectivity index (χ1) is 9.94. The number of hydrogen-bond donors (Lipinski definition) is 1. The van der Waals surface area contributed by atoms with E-state index in [-0.39, 0.29) is 11.7 Å². The summed E-state index contributed by atoms with van der Waals surface area (Å²) in [6.07, 6.45) is 4.35. The molecule has 3 rings (SSSR count). The Hall–Kier alpha value is -0.990. The molecule has 1 aliphatic carbocycles. The van der Waals surface area contributed by atoms with Crippen LogP contribution in [0.1, 0.15) is 56.7 Å². The fourth-order valence-corrected chi connectivity index (χ4v) is 4.08. The zero-order chi connectivity index (χ0) is 15.1. The molecule has 1 aromatic heterocycles. The summed E-state index contributed by atoms with van der Waals surface area (Å²) in [5.74, 6) is 1.50. The van der Waals surface area contributed by atoms with Crippen LogP contribution in [0.15, 0.2) is 4.52 Å². The van der Waals surface area contributed by atoms with Crippen LogP contribution in [0.25, 0.3) is 0 Å². The Kier molecular flexibility index (Phi) is 3.79. The van der Waals surface area contributed by atoms with E-state index < -0.39 is 15.6 Å². The summed E-state index contributed by atoms with van der Waals surface area (Å²) in [5, 5.41) is 4.03. The molecule has 2 aliphatic rings. The standard InChI is InChI=1S/C13H22N4O3S/c1-2-21(18,19)17-8-4-10(5-9-17)11-15-12(16-20-11)13(14)6-3-7-13/h10H,2-9,14H2,1H3. The second-order valence-corrected chi connectivity index (χ2v) is 8.30. The van der Waals surface area contributed by atoms with Crippen molar-refractivity contribution in [2.24, 2.45) is 5.73 Å². The molecule has 0 bridgehead atoms. The molecule has 0 spiro atoms. The van der Waals surface area contributed by atoms with Gasteiger partial charge in [0, 0.05) is 19.0 Å². The van der Waals surface area contributed by atoms with E-state index in [4.69, 9.17) is 10.3 Å². The fraction of sp³-hybridized carbons (Fsp3) is 0.846. The van der Waals surface area contributed by atoms with Gasteiger partial charge < -0.3 is 10.3 Å². The molecule has 21 heavy (non-hydrogen) atoms. The average molecular weight is 314 g/mol. The number of nitrogens with zero attached hydrogens (tertiary/aromatic N) is 3. The van der Waals surface area contributed by atoms with Gasteiger partial charge >= 0.3 is 0 Å². The summed E-state index contributed by atoms with van der Waals surface area (Å²) in [5.41, 5.74) is 5.78. The Morgan fingerprint density at radius 1 is 1.38 bits per heavy atom. The number of piperidine rings is 1. The van der Waals surface area contributed by atoms with E-state index in [0.717, 1.165) is 32.1 Å². The van der Waals surface area contributed by atoms with E-state index in [9.17, 15) is 8.42 Å². The van der Waals surface area contributed by atoms with Crippen LogP contribution >= 0.6 is 0 Å².